The lowest BCUT2D eigenvalue weighted by atomic mass is 9.86. The average Bonchev–Trinajstić information content (AvgIpc) is 2.23. The molecule has 0 saturated heterocycles. The van der Waals surface area contributed by atoms with Gasteiger partial charge in [-0.2, -0.15) is 0 Å². The number of para-hydroxylation sites is 1. The zero-order chi connectivity index (χ0) is 12.9. The molecular weight excluding hydrogens is 206 g/mol. The van der Waals surface area contributed by atoms with E-state index in [0.29, 0.717) is 0 Å². The van der Waals surface area contributed by atoms with Gasteiger partial charge in [-0.3, -0.25) is 0 Å². The maximum absolute atomic E-state index is 3.58. The standard InChI is InChI=1S/C16H27N/c1-13(2)9-8-12-17-15-11-7-6-10-14(15)16(3,4)5/h6-7,10-11,13,17H,8-9,12H2,1-5H3. The summed E-state index contributed by atoms with van der Waals surface area (Å²) in [6, 6.07) is 8.65. The molecule has 0 radical (unpaired) electrons. The van der Waals surface area contributed by atoms with Gasteiger partial charge in [-0.05, 0) is 35.8 Å². The normalized spacial score (nSPS) is 11.9. The molecule has 0 unspecified atom stereocenters. The monoisotopic (exact) mass is 233 g/mol. The maximum Gasteiger partial charge on any atom is 0.0378 e. The first kappa shape index (κ1) is 14.1. The fourth-order valence-electron chi connectivity index (χ4n) is 2.02. The minimum atomic E-state index is 0.210. The first-order valence-corrected chi connectivity index (χ1v) is 6.74. The van der Waals surface area contributed by atoms with Gasteiger partial charge >= 0.3 is 0 Å². The largest absolute Gasteiger partial charge is 0.385 e. The first-order valence-electron chi connectivity index (χ1n) is 6.74. The van der Waals surface area contributed by atoms with Crippen molar-refractivity contribution >= 4 is 5.69 Å². The van der Waals surface area contributed by atoms with Gasteiger partial charge in [0.2, 0.25) is 0 Å². The summed E-state index contributed by atoms with van der Waals surface area (Å²) in [6.45, 7) is 12.4. The van der Waals surface area contributed by atoms with Crippen LogP contribution in [0.4, 0.5) is 5.69 Å². The third-order valence-corrected chi connectivity index (χ3v) is 3.01. The SMILES string of the molecule is CC(C)CCCNc1ccccc1C(C)(C)C. The summed E-state index contributed by atoms with van der Waals surface area (Å²) in [5.41, 5.74) is 2.91. The lowest BCUT2D eigenvalue weighted by Crippen LogP contribution is -2.15. The molecule has 0 aromatic heterocycles. The van der Waals surface area contributed by atoms with Crippen molar-refractivity contribution in [2.24, 2.45) is 5.92 Å². The van der Waals surface area contributed by atoms with Crippen molar-refractivity contribution in [3.05, 3.63) is 29.8 Å². The van der Waals surface area contributed by atoms with Gasteiger partial charge in [0.25, 0.3) is 0 Å². The van der Waals surface area contributed by atoms with E-state index in [1.54, 1.807) is 0 Å². The zero-order valence-corrected chi connectivity index (χ0v) is 12.0. The topological polar surface area (TPSA) is 12.0 Å². The van der Waals surface area contributed by atoms with Gasteiger partial charge < -0.3 is 5.32 Å². The second-order valence-corrected chi connectivity index (χ2v) is 6.26. The third-order valence-electron chi connectivity index (χ3n) is 3.01. The molecule has 1 aromatic rings. The Balaban J connectivity index is 2.59. The second-order valence-electron chi connectivity index (χ2n) is 6.26. The number of hydrogen-bond acceptors (Lipinski definition) is 1. The summed E-state index contributed by atoms with van der Waals surface area (Å²) < 4.78 is 0. The molecule has 0 spiro atoms. The fraction of sp³-hybridized carbons (Fsp3) is 0.625. The van der Waals surface area contributed by atoms with Crippen molar-refractivity contribution in [1.29, 1.82) is 0 Å². The van der Waals surface area contributed by atoms with E-state index in [1.165, 1.54) is 24.1 Å². The summed E-state index contributed by atoms with van der Waals surface area (Å²) in [6.07, 6.45) is 2.54. The van der Waals surface area contributed by atoms with Crippen LogP contribution in [0, 0.1) is 5.92 Å². The van der Waals surface area contributed by atoms with E-state index in [2.05, 4.69) is 64.2 Å². The van der Waals surface area contributed by atoms with Crippen LogP contribution in [0.3, 0.4) is 0 Å². The highest BCUT2D eigenvalue weighted by atomic mass is 14.9. The number of rotatable bonds is 5. The molecule has 1 N–H and O–H groups in total. The van der Waals surface area contributed by atoms with E-state index in [9.17, 15) is 0 Å². The van der Waals surface area contributed by atoms with Crippen LogP contribution in [-0.2, 0) is 5.41 Å². The van der Waals surface area contributed by atoms with Gasteiger partial charge in [0.15, 0.2) is 0 Å². The van der Waals surface area contributed by atoms with E-state index >= 15 is 0 Å². The molecule has 0 heterocycles. The van der Waals surface area contributed by atoms with Crippen LogP contribution < -0.4 is 5.32 Å². The Morgan fingerprint density at radius 3 is 2.35 bits per heavy atom. The van der Waals surface area contributed by atoms with Crippen molar-refractivity contribution in [2.45, 2.75) is 52.9 Å². The molecule has 1 heteroatoms. The number of nitrogens with one attached hydrogen (secondary N) is 1. The Bertz CT molecular complexity index is 334. The minimum absolute atomic E-state index is 0.210. The molecule has 0 aliphatic heterocycles. The molecule has 1 aromatic carbocycles. The van der Waals surface area contributed by atoms with Crippen LogP contribution in [0.15, 0.2) is 24.3 Å². The lowest BCUT2D eigenvalue weighted by Gasteiger charge is -2.23. The van der Waals surface area contributed by atoms with Crippen molar-refractivity contribution in [2.75, 3.05) is 11.9 Å². The number of benzene rings is 1. The molecule has 0 amide bonds. The van der Waals surface area contributed by atoms with Gasteiger partial charge in [0, 0.05) is 12.2 Å². The summed E-state index contributed by atoms with van der Waals surface area (Å²) >= 11 is 0. The predicted octanol–water partition coefficient (Wildman–Crippen LogP) is 4.83. The van der Waals surface area contributed by atoms with E-state index in [-0.39, 0.29) is 5.41 Å². The summed E-state index contributed by atoms with van der Waals surface area (Å²) in [7, 11) is 0. The van der Waals surface area contributed by atoms with Crippen LogP contribution >= 0.6 is 0 Å². The molecule has 0 atom stereocenters. The molecule has 96 valence electrons. The van der Waals surface area contributed by atoms with Crippen molar-refractivity contribution in [3.8, 4) is 0 Å². The summed E-state index contributed by atoms with van der Waals surface area (Å²) in [5, 5.41) is 3.58. The van der Waals surface area contributed by atoms with Crippen molar-refractivity contribution in [1.82, 2.24) is 0 Å². The van der Waals surface area contributed by atoms with Gasteiger partial charge in [0.05, 0.1) is 0 Å². The quantitative estimate of drug-likeness (QED) is 0.718. The Hall–Kier alpha value is -0.980. The first-order chi connectivity index (χ1) is 7.91. The second kappa shape index (κ2) is 6.09. The highest BCUT2D eigenvalue weighted by Gasteiger charge is 2.16. The zero-order valence-electron chi connectivity index (χ0n) is 12.0. The van der Waals surface area contributed by atoms with Gasteiger partial charge in [0.1, 0.15) is 0 Å². The Labute approximate surface area is 107 Å². The van der Waals surface area contributed by atoms with Crippen LogP contribution in [0.25, 0.3) is 0 Å². The van der Waals surface area contributed by atoms with Crippen LogP contribution in [0.2, 0.25) is 0 Å². The van der Waals surface area contributed by atoms with E-state index in [0.717, 1.165) is 12.5 Å². The highest BCUT2D eigenvalue weighted by molar-refractivity contribution is 5.54. The molecule has 1 nitrogen and oxygen atoms in total. The molecule has 0 aliphatic carbocycles. The summed E-state index contributed by atoms with van der Waals surface area (Å²) in [5.74, 6) is 0.801. The molecule has 1 rings (SSSR count). The van der Waals surface area contributed by atoms with Crippen molar-refractivity contribution < 1.29 is 0 Å². The molecule has 0 saturated carbocycles. The van der Waals surface area contributed by atoms with Crippen LogP contribution in [0.1, 0.15) is 53.0 Å². The van der Waals surface area contributed by atoms with E-state index in [4.69, 9.17) is 0 Å². The molecule has 17 heavy (non-hydrogen) atoms. The predicted molar refractivity (Wildman–Crippen MR) is 77.7 cm³/mol. The lowest BCUT2D eigenvalue weighted by molar-refractivity contribution is 0.565. The average molecular weight is 233 g/mol. The van der Waals surface area contributed by atoms with E-state index < -0.39 is 0 Å². The Morgan fingerprint density at radius 1 is 1.12 bits per heavy atom. The van der Waals surface area contributed by atoms with E-state index in [1.807, 2.05) is 0 Å². The minimum Gasteiger partial charge on any atom is -0.385 e. The third kappa shape index (κ3) is 4.80. The van der Waals surface area contributed by atoms with Crippen LogP contribution in [-0.4, -0.2) is 6.54 Å². The van der Waals surface area contributed by atoms with Gasteiger partial charge in [-0.25, -0.2) is 0 Å². The smallest absolute Gasteiger partial charge is 0.0378 e. The molecule has 0 fully saturated rings. The number of hydrogen-bond donors (Lipinski definition) is 1. The highest BCUT2D eigenvalue weighted by Crippen LogP contribution is 2.29. The summed E-state index contributed by atoms with van der Waals surface area (Å²) in [4.78, 5) is 0. The Morgan fingerprint density at radius 2 is 1.76 bits per heavy atom. The van der Waals surface area contributed by atoms with Gasteiger partial charge in [-0.15, -0.1) is 0 Å². The van der Waals surface area contributed by atoms with Crippen molar-refractivity contribution in [3.63, 3.8) is 0 Å². The van der Waals surface area contributed by atoms with Gasteiger partial charge in [-0.1, -0.05) is 52.8 Å². The maximum atomic E-state index is 3.58. The van der Waals surface area contributed by atoms with Crippen LogP contribution in [0.5, 0.6) is 0 Å². The number of anilines is 1. The molecule has 0 bridgehead atoms. The Kier molecular flexibility index (Phi) is 5.04. The molecule has 0 aliphatic rings. The fourth-order valence-corrected chi connectivity index (χ4v) is 2.02. The molecular formula is C16H27N.